The van der Waals surface area contributed by atoms with Crippen molar-refractivity contribution in [3.05, 3.63) is 25.1 Å². The summed E-state index contributed by atoms with van der Waals surface area (Å²) in [5.41, 5.74) is 7.74. The van der Waals surface area contributed by atoms with Crippen LogP contribution in [0, 0.1) is 0 Å². The van der Waals surface area contributed by atoms with Crippen LogP contribution in [0.25, 0.3) is 0 Å². The van der Waals surface area contributed by atoms with Gasteiger partial charge in [0.05, 0.1) is 6.20 Å². The third-order valence-corrected chi connectivity index (χ3v) is 1.87. The minimum atomic E-state index is -0.526. The Morgan fingerprint density at radius 2 is 2.62 bits per heavy atom. The molecule has 0 saturated carbocycles. The zero-order valence-corrected chi connectivity index (χ0v) is 7.73. The first-order chi connectivity index (χ1) is 6.08. The maximum absolute atomic E-state index is 10.8. The van der Waals surface area contributed by atoms with E-state index in [4.69, 9.17) is 5.73 Å². The molecule has 0 radical (unpaired) electrons. The summed E-state index contributed by atoms with van der Waals surface area (Å²) in [6.45, 7) is 4.95. The van der Waals surface area contributed by atoms with Crippen LogP contribution in [-0.4, -0.2) is 35.8 Å². The third-order valence-electron chi connectivity index (χ3n) is 1.87. The fourth-order valence-electron chi connectivity index (χ4n) is 1.42. The summed E-state index contributed by atoms with van der Waals surface area (Å²) in [6, 6.07) is -0.526. The number of quaternary nitrogens is 1. The number of amides is 2. The van der Waals surface area contributed by atoms with Gasteiger partial charge in [0.15, 0.2) is 6.67 Å². The summed E-state index contributed by atoms with van der Waals surface area (Å²) in [4.78, 5) is 12.7. The lowest BCUT2D eigenvalue weighted by atomic mass is 10.5. The minimum Gasteiger partial charge on any atom is -0.348 e. The maximum Gasteiger partial charge on any atom is 0.356 e. The molecule has 0 aromatic rings. The number of carbonyl (C=O) groups excluding carboxylic acids is 1. The number of primary amides is 1. The van der Waals surface area contributed by atoms with Crippen LogP contribution in [-0.2, 0) is 0 Å². The van der Waals surface area contributed by atoms with E-state index in [1.54, 1.807) is 6.08 Å². The molecule has 72 valence electrons. The van der Waals surface area contributed by atoms with Gasteiger partial charge in [0.1, 0.15) is 12.7 Å². The van der Waals surface area contributed by atoms with Crippen molar-refractivity contribution < 1.29 is 9.39 Å². The number of nitrogens with zero attached hydrogens (tertiary/aromatic N) is 2. The summed E-state index contributed by atoms with van der Waals surface area (Å²) in [5.74, 6) is 0. The molecule has 1 atom stereocenters. The molecule has 1 heterocycles. The summed E-state index contributed by atoms with van der Waals surface area (Å²) in [7, 11) is 1.93. The van der Waals surface area contributed by atoms with Crippen LogP contribution in [0.5, 0.6) is 0 Å². The average molecular weight is 183 g/mol. The molecule has 0 saturated heterocycles. The Balaban J connectivity index is 2.71. The van der Waals surface area contributed by atoms with Gasteiger partial charge in [0.25, 0.3) is 0 Å². The van der Waals surface area contributed by atoms with Gasteiger partial charge in [0.2, 0.25) is 0 Å². The highest BCUT2D eigenvalue weighted by Gasteiger charge is 2.31. The summed E-state index contributed by atoms with van der Waals surface area (Å²) in [5, 5.41) is 0. The Bertz CT molecular complexity index is 251. The number of carbonyl (C=O) groups is 1. The molecule has 0 bridgehead atoms. The Hall–Kier alpha value is -1.49. The van der Waals surface area contributed by atoms with Crippen molar-refractivity contribution in [1.82, 2.24) is 10.3 Å². The fourth-order valence-corrected chi connectivity index (χ4v) is 1.42. The van der Waals surface area contributed by atoms with E-state index in [1.165, 1.54) is 0 Å². The van der Waals surface area contributed by atoms with E-state index < -0.39 is 6.03 Å². The van der Waals surface area contributed by atoms with Gasteiger partial charge in [-0.2, -0.15) is 10.0 Å². The lowest BCUT2D eigenvalue weighted by Gasteiger charge is -2.29. The van der Waals surface area contributed by atoms with Gasteiger partial charge in [-0.25, -0.2) is 4.79 Å². The van der Waals surface area contributed by atoms with Gasteiger partial charge in [-0.1, -0.05) is 6.58 Å². The largest absolute Gasteiger partial charge is 0.356 e. The molecule has 13 heavy (non-hydrogen) atoms. The van der Waals surface area contributed by atoms with Crippen molar-refractivity contribution in [3.63, 3.8) is 0 Å². The van der Waals surface area contributed by atoms with Crippen molar-refractivity contribution in [2.75, 3.05) is 20.3 Å². The molecular weight excluding hydrogens is 168 g/mol. The molecule has 5 nitrogen and oxygen atoms in total. The van der Waals surface area contributed by atoms with Gasteiger partial charge >= 0.3 is 6.03 Å². The van der Waals surface area contributed by atoms with Gasteiger partial charge < -0.3 is 10.6 Å². The fraction of sp³-hybridized carbons (Fsp3) is 0.375. The standard InChI is InChI=1S/C8H14N4O/c1-3-5-12(10-8(9)13)6-4-11(2)7-12/h3-4,6H,1,5,7H2,2H3,(H2-,9,10,13)/p+1. The minimum absolute atomic E-state index is 0.315. The second kappa shape index (κ2) is 3.49. The monoisotopic (exact) mass is 183 g/mol. The van der Waals surface area contributed by atoms with E-state index in [-0.39, 0.29) is 0 Å². The van der Waals surface area contributed by atoms with Crippen LogP contribution in [0.3, 0.4) is 0 Å². The second-order valence-electron chi connectivity index (χ2n) is 3.18. The predicted octanol–water partition coefficient (Wildman–Crippen LogP) is -0.0534. The second-order valence-corrected chi connectivity index (χ2v) is 3.18. The number of nitrogens with one attached hydrogen (secondary N) is 1. The normalized spacial score (nSPS) is 26.1. The van der Waals surface area contributed by atoms with Gasteiger partial charge in [-0.3, -0.25) is 0 Å². The van der Waals surface area contributed by atoms with E-state index >= 15 is 0 Å². The Morgan fingerprint density at radius 1 is 1.92 bits per heavy atom. The van der Waals surface area contributed by atoms with Gasteiger partial charge in [-0.15, -0.1) is 0 Å². The highest BCUT2D eigenvalue weighted by atomic mass is 16.2. The van der Waals surface area contributed by atoms with Crippen molar-refractivity contribution in [1.29, 1.82) is 0 Å². The number of rotatable bonds is 3. The van der Waals surface area contributed by atoms with Crippen molar-refractivity contribution in [2.24, 2.45) is 5.73 Å². The number of hydrogen-bond donors (Lipinski definition) is 2. The molecule has 3 N–H and O–H groups in total. The summed E-state index contributed by atoms with van der Waals surface area (Å²) >= 11 is 0. The highest BCUT2D eigenvalue weighted by Crippen LogP contribution is 2.12. The molecule has 1 unspecified atom stereocenters. The predicted molar refractivity (Wildman–Crippen MR) is 49.8 cm³/mol. The Kier molecular flexibility index (Phi) is 2.57. The quantitative estimate of drug-likeness (QED) is 0.476. The smallest absolute Gasteiger partial charge is 0.348 e. The lowest BCUT2D eigenvalue weighted by Crippen LogP contribution is -2.58. The van der Waals surface area contributed by atoms with Crippen LogP contribution < -0.4 is 11.2 Å². The van der Waals surface area contributed by atoms with E-state index in [0.29, 0.717) is 17.8 Å². The van der Waals surface area contributed by atoms with Crippen molar-refractivity contribution in [3.8, 4) is 0 Å². The molecular formula is C8H15N4O+. The van der Waals surface area contributed by atoms with Crippen LogP contribution in [0.2, 0.25) is 0 Å². The molecule has 0 aliphatic carbocycles. The lowest BCUT2D eigenvalue weighted by molar-refractivity contribution is -0.909. The zero-order valence-electron chi connectivity index (χ0n) is 7.73. The van der Waals surface area contributed by atoms with E-state index in [2.05, 4.69) is 12.0 Å². The first-order valence-corrected chi connectivity index (χ1v) is 4.03. The summed E-state index contributed by atoms with van der Waals surface area (Å²) in [6.07, 6.45) is 5.53. The third kappa shape index (κ3) is 2.22. The van der Waals surface area contributed by atoms with Crippen LogP contribution in [0.15, 0.2) is 25.1 Å². The number of urea groups is 1. The van der Waals surface area contributed by atoms with Gasteiger partial charge in [0, 0.05) is 7.05 Å². The van der Waals surface area contributed by atoms with Gasteiger partial charge in [-0.05, 0) is 6.08 Å². The topological polar surface area (TPSA) is 58.4 Å². The highest BCUT2D eigenvalue weighted by molar-refractivity contribution is 5.70. The molecule has 0 aromatic heterocycles. The van der Waals surface area contributed by atoms with Crippen LogP contribution in [0.1, 0.15) is 0 Å². The van der Waals surface area contributed by atoms with Crippen molar-refractivity contribution >= 4 is 6.03 Å². The zero-order chi connectivity index (χ0) is 9.90. The molecule has 1 aliphatic heterocycles. The molecule has 2 amide bonds. The van der Waals surface area contributed by atoms with E-state index in [0.717, 1.165) is 0 Å². The van der Waals surface area contributed by atoms with Crippen LogP contribution >= 0.6 is 0 Å². The van der Waals surface area contributed by atoms with Crippen molar-refractivity contribution in [2.45, 2.75) is 0 Å². The Morgan fingerprint density at radius 3 is 3.00 bits per heavy atom. The molecule has 0 aromatic carbocycles. The first-order valence-electron chi connectivity index (χ1n) is 4.03. The number of hydrogen-bond acceptors (Lipinski definition) is 2. The first kappa shape index (κ1) is 9.60. The Labute approximate surface area is 77.7 Å². The molecule has 1 aliphatic rings. The maximum atomic E-state index is 10.8. The average Bonchev–Trinajstić information content (AvgIpc) is 2.31. The SMILES string of the molecule is C=CC[N+]1(NC(N)=O)C=CN(C)C1. The molecule has 5 heteroatoms. The molecule has 0 fully saturated rings. The van der Waals surface area contributed by atoms with E-state index in [9.17, 15) is 4.79 Å². The number of nitrogens with two attached hydrogens (primary N) is 1. The van der Waals surface area contributed by atoms with E-state index in [1.807, 2.05) is 24.3 Å². The molecule has 0 spiro atoms. The summed E-state index contributed by atoms with van der Waals surface area (Å²) < 4.78 is 0.315. The molecule has 1 rings (SSSR count). The van der Waals surface area contributed by atoms with Crippen LogP contribution in [0.4, 0.5) is 4.79 Å².